The molecule has 2 rings (SSSR count). The fourth-order valence-electron chi connectivity index (χ4n) is 2.47. The molecule has 0 amide bonds. The van der Waals surface area contributed by atoms with Crippen molar-refractivity contribution in [2.24, 2.45) is 0 Å². The van der Waals surface area contributed by atoms with E-state index in [2.05, 4.69) is 23.7 Å². The van der Waals surface area contributed by atoms with Crippen molar-refractivity contribution in [2.45, 2.75) is 43.0 Å². The van der Waals surface area contributed by atoms with Crippen molar-refractivity contribution in [2.75, 3.05) is 19.4 Å². The first-order valence-corrected chi connectivity index (χ1v) is 8.12. The first kappa shape index (κ1) is 13.8. The van der Waals surface area contributed by atoms with Gasteiger partial charge in [-0.25, -0.2) is 0 Å². The van der Waals surface area contributed by atoms with E-state index in [4.69, 9.17) is 4.74 Å². The van der Waals surface area contributed by atoms with Crippen LogP contribution in [0.1, 0.15) is 32.1 Å². The van der Waals surface area contributed by atoms with Gasteiger partial charge in [-0.2, -0.15) is 0 Å². The van der Waals surface area contributed by atoms with Crippen molar-refractivity contribution < 1.29 is 4.74 Å². The lowest BCUT2D eigenvalue weighted by molar-refractivity contribution is 0.284. The Morgan fingerprint density at radius 1 is 1.22 bits per heavy atom. The largest absolute Gasteiger partial charge is 0.491 e. The second kappa shape index (κ2) is 7.70. The van der Waals surface area contributed by atoms with Crippen LogP contribution in [0, 0.1) is 0 Å². The molecule has 0 aromatic heterocycles. The Balaban J connectivity index is 1.68. The molecule has 100 valence electrons. The minimum Gasteiger partial charge on any atom is -0.491 e. The smallest absolute Gasteiger partial charge is 0.132 e. The van der Waals surface area contributed by atoms with Gasteiger partial charge in [0.25, 0.3) is 0 Å². The van der Waals surface area contributed by atoms with Crippen LogP contribution in [0.2, 0.25) is 0 Å². The molecule has 0 aliphatic heterocycles. The summed E-state index contributed by atoms with van der Waals surface area (Å²) in [7, 11) is 0. The lowest BCUT2D eigenvalue weighted by Crippen LogP contribution is -2.34. The lowest BCUT2D eigenvalue weighted by Gasteiger charge is -2.22. The van der Waals surface area contributed by atoms with Gasteiger partial charge in [0.1, 0.15) is 12.4 Å². The minimum absolute atomic E-state index is 0.721. The first-order chi connectivity index (χ1) is 8.90. The molecule has 0 bridgehead atoms. The Morgan fingerprint density at radius 3 is 2.78 bits per heavy atom. The van der Waals surface area contributed by atoms with Gasteiger partial charge >= 0.3 is 0 Å². The third-order valence-electron chi connectivity index (χ3n) is 3.47. The van der Waals surface area contributed by atoms with Gasteiger partial charge in [0.15, 0.2) is 0 Å². The Labute approximate surface area is 114 Å². The maximum absolute atomic E-state index is 5.84. The third-order valence-corrected chi connectivity index (χ3v) is 4.24. The van der Waals surface area contributed by atoms with Crippen LogP contribution in [-0.2, 0) is 0 Å². The average molecular weight is 265 g/mol. The number of thioether (sulfide) groups is 1. The van der Waals surface area contributed by atoms with Gasteiger partial charge in [0, 0.05) is 17.5 Å². The molecule has 0 unspecified atom stereocenters. The Morgan fingerprint density at radius 2 is 2.00 bits per heavy atom. The second-order valence-electron chi connectivity index (χ2n) is 4.79. The lowest BCUT2D eigenvalue weighted by atomic mass is 9.96. The quantitative estimate of drug-likeness (QED) is 0.626. The molecule has 0 radical (unpaired) electrons. The SMILES string of the molecule is CSc1ccccc1OCCNC1CCCCC1. The number of rotatable bonds is 6. The van der Waals surface area contributed by atoms with Gasteiger partial charge in [0.2, 0.25) is 0 Å². The molecule has 18 heavy (non-hydrogen) atoms. The van der Waals surface area contributed by atoms with Crippen molar-refractivity contribution >= 4 is 11.8 Å². The highest BCUT2D eigenvalue weighted by Gasteiger charge is 2.11. The molecule has 1 fully saturated rings. The second-order valence-corrected chi connectivity index (χ2v) is 5.64. The van der Waals surface area contributed by atoms with Gasteiger partial charge in [0.05, 0.1) is 0 Å². The number of ether oxygens (including phenoxy) is 1. The molecule has 1 aromatic carbocycles. The highest BCUT2D eigenvalue weighted by atomic mass is 32.2. The van der Waals surface area contributed by atoms with E-state index in [0.717, 1.165) is 24.9 Å². The van der Waals surface area contributed by atoms with Gasteiger partial charge in [-0.3, -0.25) is 0 Å². The summed E-state index contributed by atoms with van der Waals surface area (Å²) in [6.07, 6.45) is 8.93. The van der Waals surface area contributed by atoms with Crippen LogP contribution in [0.3, 0.4) is 0 Å². The van der Waals surface area contributed by atoms with Crippen LogP contribution < -0.4 is 10.1 Å². The molecule has 1 saturated carbocycles. The van der Waals surface area contributed by atoms with E-state index >= 15 is 0 Å². The van der Waals surface area contributed by atoms with E-state index in [0.29, 0.717) is 0 Å². The van der Waals surface area contributed by atoms with Crippen LogP contribution in [0.15, 0.2) is 29.2 Å². The molecule has 1 aliphatic carbocycles. The van der Waals surface area contributed by atoms with E-state index < -0.39 is 0 Å². The summed E-state index contributed by atoms with van der Waals surface area (Å²) in [5.41, 5.74) is 0. The first-order valence-electron chi connectivity index (χ1n) is 6.89. The van der Waals surface area contributed by atoms with E-state index in [1.54, 1.807) is 11.8 Å². The highest BCUT2D eigenvalue weighted by molar-refractivity contribution is 7.98. The van der Waals surface area contributed by atoms with E-state index in [1.807, 2.05) is 12.1 Å². The maximum atomic E-state index is 5.84. The van der Waals surface area contributed by atoms with Crippen molar-refractivity contribution in [3.05, 3.63) is 24.3 Å². The normalized spacial score (nSPS) is 16.7. The van der Waals surface area contributed by atoms with Crippen LogP contribution in [-0.4, -0.2) is 25.4 Å². The van der Waals surface area contributed by atoms with Crippen molar-refractivity contribution in [1.29, 1.82) is 0 Å². The number of benzene rings is 1. The summed E-state index contributed by atoms with van der Waals surface area (Å²) in [6, 6.07) is 8.96. The molecule has 3 heteroatoms. The zero-order valence-electron chi connectivity index (χ0n) is 11.2. The summed E-state index contributed by atoms with van der Waals surface area (Å²) in [4.78, 5) is 1.22. The summed E-state index contributed by atoms with van der Waals surface area (Å²) in [5.74, 6) is 1.01. The summed E-state index contributed by atoms with van der Waals surface area (Å²) in [5, 5.41) is 3.60. The minimum atomic E-state index is 0.721. The number of para-hydroxylation sites is 1. The predicted octanol–water partition coefficient (Wildman–Crippen LogP) is 3.71. The predicted molar refractivity (Wildman–Crippen MR) is 78.6 cm³/mol. The topological polar surface area (TPSA) is 21.3 Å². The molecule has 2 nitrogen and oxygen atoms in total. The monoisotopic (exact) mass is 265 g/mol. The van der Waals surface area contributed by atoms with Crippen molar-refractivity contribution in [1.82, 2.24) is 5.32 Å². The summed E-state index contributed by atoms with van der Waals surface area (Å²) < 4.78 is 5.84. The summed E-state index contributed by atoms with van der Waals surface area (Å²) >= 11 is 1.74. The van der Waals surface area contributed by atoms with Crippen LogP contribution in [0.5, 0.6) is 5.75 Å². The molecule has 0 saturated heterocycles. The van der Waals surface area contributed by atoms with Crippen LogP contribution >= 0.6 is 11.8 Å². The Bertz CT molecular complexity index is 350. The van der Waals surface area contributed by atoms with Crippen LogP contribution in [0.4, 0.5) is 0 Å². The number of nitrogens with one attached hydrogen (secondary N) is 1. The molecule has 0 heterocycles. The Hall–Kier alpha value is -0.670. The van der Waals surface area contributed by atoms with Gasteiger partial charge in [-0.1, -0.05) is 31.4 Å². The third kappa shape index (κ3) is 4.21. The van der Waals surface area contributed by atoms with E-state index in [1.165, 1.54) is 37.0 Å². The molecular formula is C15H23NOS. The van der Waals surface area contributed by atoms with Crippen LogP contribution in [0.25, 0.3) is 0 Å². The molecule has 0 spiro atoms. The molecule has 1 aliphatic rings. The van der Waals surface area contributed by atoms with Gasteiger partial charge in [-0.05, 0) is 31.2 Å². The van der Waals surface area contributed by atoms with E-state index in [-0.39, 0.29) is 0 Å². The molecular weight excluding hydrogens is 242 g/mol. The maximum Gasteiger partial charge on any atom is 0.132 e. The molecule has 1 N–H and O–H groups in total. The zero-order valence-corrected chi connectivity index (χ0v) is 12.0. The number of hydrogen-bond donors (Lipinski definition) is 1. The molecule has 0 atom stereocenters. The highest BCUT2D eigenvalue weighted by Crippen LogP contribution is 2.26. The zero-order chi connectivity index (χ0) is 12.6. The van der Waals surface area contributed by atoms with Crippen molar-refractivity contribution in [3.8, 4) is 5.75 Å². The van der Waals surface area contributed by atoms with Gasteiger partial charge in [-0.15, -0.1) is 11.8 Å². The standard InChI is InChI=1S/C15H23NOS/c1-18-15-10-6-5-9-14(15)17-12-11-16-13-7-3-2-4-8-13/h5-6,9-10,13,16H,2-4,7-8,11-12H2,1H3. The number of hydrogen-bond acceptors (Lipinski definition) is 3. The summed E-state index contributed by atoms with van der Waals surface area (Å²) in [6.45, 7) is 1.71. The van der Waals surface area contributed by atoms with Crippen molar-refractivity contribution in [3.63, 3.8) is 0 Å². The Kier molecular flexibility index (Phi) is 5.88. The average Bonchev–Trinajstić information content (AvgIpc) is 2.45. The van der Waals surface area contributed by atoms with E-state index in [9.17, 15) is 0 Å². The molecule has 1 aromatic rings. The van der Waals surface area contributed by atoms with Gasteiger partial charge < -0.3 is 10.1 Å². The fourth-order valence-corrected chi connectivity index (χ4v) is 3.01. The fraction of sp³-hybridized carbons (Fsp3) is 0.600.